The largest absolute Gasteiger partial charge is 0.480 e. The van der Waals surface area contributed by atoms with Crippen LogP contribution in [0.15, 0.2) is 42.7 Å². The Labute approximate surface area is 135 Å². The zero-order chi connectivity index (χ0) is 16.8. The molecule has 0 aliphatic rings. The summed E-state index contributed by atoms with van der Waals surface area (Å²) in [6, 6.07) is 8.85. The van der Waals surface area contributed by atoms with Crippen LogP contribution in [0.4, 0.5) is 0 Å². The van der Waals surface area contributed by atoms with Gasteiger partial charge in [0, 0.05) is 12.6 Å². The first kappa shape index (κ1) is 16.7. The molecule has 0 aliphatic heterocycles. The maximum Gasteiger partial charge on any atom is 0.326 e. The van der Waals surface area contributed by atoms with Gasteiger partial charge in [0.15, 0.2) is 0 Å². The summed E-state index contributed by atoms with van der Waals surface area (Å²) in [5.74, 6) is -1.43. The van der Waals surface area contributed by atoms with Crippen molar-refractivity contribution < 1.29 is 14.7 Å². The van der Waals surface area contributed by atoms with Crippen LogP contribution < -0.4 is 5.32 Å². The van der Waals surface area contributed by atoms with Crippen LogP contribution in [0.5, 0.6) is 0 Å². The average Bonchev–Trinajstić information content (AvgIpc) is 3.00. The number of amides is 1. The van der Waals surface area contributed by atoms with Crippen molar-refractivity contribution in [3.8, 4) is 5.69 Å². The molecule has 2 aromatic rings. The number of aromatic nitrogens is 2. The van der Waals surface area contributed by atoms with E-state index in [4.69, 9.17) is 5.11 Å². The number of nitrogens with one attached hydrogen (secondary N) is 1. The van der Waals surface area contributed by atoms with Crippen molar-refractivity contribution in [2.45, 2.75) is 32.7 Å². The van der Waals surface area contributed by atoms with E-state index in [1.165, 1.54) is 0 Å². The lowest BCUT2D eigenvalue weighted by Gasteiger charge is -2.17. The fraction of sp³-hybridized carbons (Fsp3) is 0.353. The normalized spacial score (nSPS) is 12.1. The van der Waals surface area contributed by atoms with Crippen molar-refractivity contribution in [3.63, 3.8) is 0 Å². The minimum absolute atomic E-state index is 0.155. The highest BCUT2D eigenvalue weighted by atomic mass is 16.4. The number of hydrogen-bond donors (Lipinski definition) is 2. The van der Waals surface area contributed by atoms with E-state index in [1.54, 1.807) is 24.7 Å². The molecule has 0 unspecified atom stereocenters. The second-order valence-electron chi connectivity index (χ2n) is 5.76. The Balaban J connectivity index is 1.90. The first-order valence-corrected chi connectivity index (χ1v) is 7.58. The maximum absolute atomic E-state index is 11.9. The molecular formula is C17H21N3O3. The molecular weight excluding hydrogens is 294 g/mol. The number of carbonyl (C=O) groups excluding carboxylic acids is 1. The number of carbonyl (C=O) groups is 2. The Morgan fingerprint density at radius 2 is 1.96 bits per heavy atom. The van der Waals surface area contributed by atoms with Gasteiger partial charge in [0.05, 0.1) is 11.9 Å². The SMILES string of the molecule is CC(C)[C@H](NC(=O)CCc1cnn(-c2ccccc2)c1)C(=O)O. The Morgan fingerprint density at radius 3 is 2.57 bits per heavy atom. The van der Waals surface area contributed by atoms with E-state index in [1.807, 2.05) is 36.5 Å². The molecule has 122 valence electrons. The lowest BCUT2D eigenvalue weighted by Crippen LogP contribution is -2.44. The molecule has 1 amide bonds. The van der Waals surface area contributed by atoms with Crippen molar-refractivity contribution in [3.05, 3.63) is 48.3 Å². The lowest BCUT2D eigenvalue weighted by atomic mass is 10.0. The first-order chi connectivity index (χ1) is 11.0. The van der Waals surface area contributed by atoms with Crippen LogP contribution in [0.1, 0.15) is 25.8 Å². The van der Waals surface area contributed by atoms with Gasteiger partial charge in [-0.25, -0.2) is 9.48 Å². The quantitative estimate of drug-likeness (QED) is 0.819. The summed E-state index contributed by atoms with van der Waals surface area (Å²) >= 11 is 0. The zero-order valence-corrected chi connectivity index (χ0v) is 13.3. The summed E-state index contributed by atoms with van der Waals surface area (Å²) in [5, 5.41) is 15.9. The summed E-state index contributed by atoms with van der Waals surface area (Å²) < 4.78 is 1.75. The third-order valence-electron chi connectivity index (χ3n) is 3.55. The van der Waals surface area contributed by atoms with Gasteiger partial charge in [-0.2, -0.15) is 5.10 Å². The van der Waals surface area contributed by atoms with Crippen molar-refractivity contribution in [1.29, 1.82) is 0 Å². The molecule has 1 aromatic carbocycles. The van der Waals surface area contributed by atoms with E-state index < -0.39 is 12.0 Å². The molecule has 0 fully saturated rings. The van der Waals surface area contributed by atoms with Gasteiger partial charge in [-0.05, 0) is 30.0 Å². The number of para-hydroxylation sites is 1. The molecule has 0 bridgehead atoms. The summed E-state index contributed by atoms with van der Waals surface area (Å²) in [4.78, 5) is 23.0. The van der Waals surface area contributed by atoms with Crippen LogP contribution in [0.25, 0.3) is 5.69 Å². The summed E-state index contributed by atoms with van der Waals surface area (Å²) in [6.07, 6.45) is 4.34. The molecule has 0 aliphatic carbocycles. The van der Waals surface area contributed by atoms with E-state index in [-0.39, 0.29) is 18.2 Å². The molecule has 1 heterocycles. The number of benzene rings is 1. The number of nitrogens with zero attached hydrogens (tertiary/aromatic N) is 2. The fourth-order valence-electron chi connectivity index (χ4n) is 2.23. The Kier molecular flexibility index (Phi) is 5.51. The van der Waals surface area contributed by atoms with Gasteiger partial charge in [-0.3, -0.25) is 4.79 Å². The number of rotatable bonds is 7. The number of carboxylic acids is 1. The number of aryl methyl sites for hydroxylation is 1. The number of carboxylic acid groups (broad SMARTS) is 1. The van der Waals surface area contributed by atoms with E-state index in [9.17, 15) is 9.59 Å². The monoisotopic (exact) mass is 315 g/mol. The van der Waals surface area contributed by atoms with Crippen molar-refractivity contribution in [2.75, 3.05) is 0 Å². The number of hydrogen-bond acceptors (Lipinski definition) is 3. The third kappa shape index (κ3) is 4.67. The van der Waals surface area contributed by atoms with Crippen LogP contribution in [0.3, 0.4) is 0 Å². The molecule has 0 saturated carbocycles. The number of aliphatic carboxylic acids is 1. The molecule has 2 N–H and O–H groups in total. The van der Waals surface area contributed by atoms with Gasteiger partial charge in [0.1, 0.15) is 6.04 Å². The molecule has 23 heavy (non-hydrogen) atoms. The van der Waals surface area contributed by atoms with Gasteiger partial charge >= 0.3 is 5.97 Å². The Hall–Kier alpha value is -2.63. The van der Waals surface area contributed by atoms with E-state index in [0.717, 1.165) is 11.3 Å². The summed E-state index contributed by atoms with van der Waals surface area (Å²) in [6.45, 7) is 3.53. The Morgan fingerprint density at radius 1 is 1.26 bits per heavy atom. The van der Waals surface area contributed by atoms with Gasteiger partial charge in [0.25, 0.3) is 0 Å². The third-order valence-corrected chi connectivity index (χ3v) is 3.55. The van der Waals surface area contributed by atoms with Gasteiger partial charge in [-0.1, -0.05) is 32.0 Å². The van der Waals surface area contributed by atoms with Crippen LogP contribution >= 0.6 is 0 Å². The minimum Gasteiger partial charge on any atom is -0.480 e. The summed E-state index contributed by atoms with van der Waals surface area (Å²) in [5.41, 5.74) is 1.88. The average molecular weight is 315 g/mol. The van der Waals surface area contributed by atoms with Gasteiger partial charge in [-0.15, -0.1) is 0 Å². The lowest BCUT2D eigenvalue weighted by molar-refractivity contribution is -0.143. The molecule has 0 radical (unpaired) electrons. The van der Waals surface area contributed by atoms with Crippen LogP contribution in [-0.4, -0.2) is 32.8 Å². The minimum atomic E-state index is -1.01. The van der Waals surface area contributed by atoms with E-state index >= 15 is 0 Å². The van der Waals surface area contributed by atoms with E-state index in [0.29, 0.717) is 6.42 Å². The molecule has 2 rings (SSSR count). The van der Waals surface area contributed by atoms with Crippen molar-refractivity contribution >= 4 is 11.9 Å². The Bertz CT molecular complexity index is 665. The standard InChI is InChI=1S/C17H21N3O3/c1-12(2)16(17(22)23)19-15(21)9-8-13-10-18-20(11-13)14-6-4-3-5-7-14/h3-7,10-12,16H,8-9H2,1-2H3,(H,19,21)(H,22,23)/t16-/m0/s1. The van der Waals surface area contributed by atoms with E-state index in [2.05, 4.69) is 10.4 Å². The fourth-order valence-corrected chi connectivity index (χ4v) is 2.23. The summed E-state index contributed by atoms with van der Waals surface area (Å²) in [7, 11) is 0. The van der Waals surface area contributed by atoms with Gasteiger partial charge < -0.3 is 10.4 Å². The van der Waals surface area contributed by atoms with Crippen LogP contribution in [-0.2, 0) is 16.0 Å². The van der Waals surface area contributed by atoms with Crippen molar-refractivity contribution in [1.82, 2.24) is 15.1 Å². The highest BCUT2D eigenvalue weighted by Crippen LogP contribution is 2.09. The predicted molar refractivity (Wildman–Crippen MR) is 86.3 cm³/mol. The molecule has 1 atom stereocenters. The second kappa shape index (κ2) is 7.58. The van der Waals surface area contributed by atoms with Crippen molar-refractivity contribution in [2.24, 2.45) is 5.92 Å². The van der Waals surface area contributed by atoms with Gasteiger partial charge in [0.2, 0.25) is 5.91 Å². The predicted octanol–water partition coefficient (Wildman–Crippen LogP) is 2.03. The highest BCUT2D eigenvalue weighted by molar-refractivity contribution is 5.83. The topological polar surface area (TPSA) is 84.2 Å². The highest BCUT2D eigenvalue weighted by Gasteiger charge is 2.23. The molecule has 0 saturated heterocycles. The van der Waals surface area contributed by atoms with Crippen LogP contribution in [0, 0.1) is 5.92 Å². The zero-order valence-electron chi connectivity index (χ0n) is 13.3. The second-order valence-corrected chi connectivity index (χ2v) is 5.76. The van der Waals surface area contributed by atoms with Crippen LogP contribution in [0.2, 0.25) is 0 Å². The molecule has 6 nitrogen and oxygen atoms in total. The maximum atomic E-state index is 11.9. The molecule has 1 aromatic heterocycles. The molecule has 0 spiro atoms. The first-order valence-electron chi connectivity index (χ1n) is 7.58. The molecule has 6 heteroatoms. The smallest absolute Gasteiger partial charge is 0.326 e.